The summed E-state index contributed by atoms with van der Waals surface area (Å²) in [6.45, 7) is 3.18. The van der Waals surface area contributed by atoms with E-state index in [-0.39, 0.29) is 5.85 Å². The molecule has 4 heteroatoms. The first-order valence-corrected chi connectivity index (χ1v) is 9.20. The fraction of sp³-hybridized carbons (Fsp3) is 1.00. The van der Waals surface area contributed by atoms with Crippen molar-refractivity contribution in [2.24, 2.45) is 5.92 Å². The van der Waals surface area contributed by atoms with Gasteiger partial charge in [0.15, 0.2) is 5.85 Å². The van der Waals surface area contributed by atoms with Crippen LogP contribution in [0.2, 0.25) is 0 Å². The quantitative estimate of drug-likeness (QED) is 0.578. The maximum absolute atomic E-state index is 6.14. The van der Waals surface area contributed by atoms with Gasteiger partial charge in [-0.05, 0) is 32.2 Å². The van der Waals surface area contributed by atoms with E-state index < -0.39 is 0 Å². The summed E-state index contributed by atoms with van der Waals surface area (Å²) in [5, 5.41) is 7.56. The van der Waals surface area contributed by atoms with Crippen molar-refractivity contribution >= 4 is 10.5 Å². The normalized spacial score (nSPS) is 26.4. The van der Waals surface area contributed by atoms with Crippen LogP contribution in [0.3, 0.4) is 0 Å². The lowest BCUT2D eigenvalue weighted by atomic mass is 9.84. The van der Waals surface area contributed by atoms with Crippen LogP contribution in [0.25, 0.3) is 0 Å². The Morgan fingerprint density at radius 1 is 1.00 bits per heavy atom. The first-order valence-electron chi connectivity index (χ1n) is 8.38. The van der Waals surface area contributed by atoms with Crippen LogP contribution in [0.15, 0.2) is 0 Å². The molecule has 2 saturated carbocycles. The molecular weight excluding hydrogens is 252 g/mol. The number of hydrogen-bond donors (Lipinski definition) is 2. The van der Waals surface area contributed by atoms with Gasteiger partial charge in [-0.1, -0.05) is 45.4 Å². The Hall–Kier alpha value is 0.0969. The van der Waals surface area contributed by atoms with Gasteiger partial charge in [-0.25, -0.2) is 0 Å². The van der Waals surface area contributed by atoms with E-state index >= 15 is 0 Å². The molecule has 3 nitrogen and oxygen atoms in total. The van der Waals surface area contributed by atoms with Gasteiger partial charge in [-0.15, -0.1) is 0 Å². The molecule has 0 amide bonds. The molecule has 1 unspecified atom stereocenters. The van der Waals surface area contributed by atoms with Crippen molar-refractivity contribution in [3.63, 3.8) is 0 Å². The summed E-state index contributed by atoms with van der Waals surface area (Å²) in [5.41, 5.74) is 0. The van der Waals surface area contributed by atoms with Crippen molar-refractivity contribution < 1.29 is 4.43 Å². The SMILES string of the molecule is CCNC(NC1CCCCC1)(O[SiH3])C1CCCCC1. The highest BCUT2D eigenvalue weighted by molar-refractivity contribution is 5.98. The minimum absolute atomic E-state index is 0.219. The molecule has 2 fully saturated rings. The zero-order valence-electron chi connectivity index (χ0n) is 12.8. The molecule has 2 rings (SSSR count). The topological polar surface area (TPSA) is 33.3 Å². The molecule has 1 atom stereocenters. The van der Waals surface area contributed by atoms with E-state index in [1.807, 2.05) is 0 Å². The van der Waals surface area contributed by atoms with E-state index in [9.17, 15) is 0 Å². The third kappa shape index (κ3) is 4.03. The average Bonchev–Trinajstić information content (AvgIpc) is 2.49. The summed E-state index contributed by atoms with van der Waals surface area (Å²) in [6, 6.07) is 0.656. The lowest BCUT2D eigenvalue weighted by Gasteiger charge is -2.46. The van der Waals surface area contributed by atoms with Crippen molar-refractivity contribution in [3.05, 3.63) is 0 Å². The number of rotatable bonds is 6. The number of nitrogens with one attached hydrogen (secondary N) is 2. The van der Waals surface area contributed by atoms with Crippen molar-refractivity contribution in [1.29, 1.82) is 0 Å². The molecular formula is C15H32N2OSi. The molecule has 19 heavy (non-hydrogen) atoms. The Bertz CT molecular complexity index is 253. The zero-order valence-corrected chi connectivity index (χ0v) is 14.8. The molecule has 2 N–H and O–H groups in total. The van der Waals surface area contributed by atoms with Crippen LogP contribution < -0.4 is 10.6 Å². The average molecular weight is 285 g/mol. The van der Waals surface area contributed by atoms with Crippen LogP contribution in [0.5, 0.6) is 0 Å². The van der Waals surface area contributed by atoms with Gasteiger partial charge in [0.25, 0.3) is 0 Å². The lowest BCUT2D eigenvalue weighted by molar-refractivity contribution is -0.0727. The fourth-order valence-corrected chi connectivity index (χ4v) is 4.53. The molecule has 0 heterocycles. The summed E-state index contributed by atoms with van der Waals surface area (Å²) < 4.78 is 6.14. The molecule has 0 aromatic rings. The molecule has 0 saturated heterocycles. The van der Waals surface area contributed by atoms with E-state index in [2.05, 4.69) is 17.6 Å². The largest absolute Gasteiger partial charge is 0.399 e. The first-order chi connectivity index (χ1) is 9.30. The van der Waals surface area contributed by atoms with Gasteiger partial charge >= 0.3 is 0 Å². The molecule has 112 valence electrons. The summed E-state index contributed by atoms with van der Waals surface area (Å²) >= 11 is 0. The van der Waals surface area contributed by atoms with Gasteiger partial charge in [0.2, 0.25) is 0 Å². The Balaban J connectivity index is 2.02. The monoisotopic (exact) mass is 284 g/mol. The first kappa shape index (κ1) is 15.5. The Kier molecular flexibility index (Phi) is 6.33. The van der Waals surface area contributed by atoms with Crippen LogP contribution in [-0.4, -0.2) is 28.9 Å². The standard InChI is InChI=1S/C15H32N2OSi/c1-2-16-15(18-19,13-9-5-3-6-10-13)17-14-11-7-4-8-12-14/h13-14,16-17H,2-12H2,1,19H3. The van der Waals surface area contributed by atoms with Gasteiger partial charge in [-0.3, -0.25) is 10.6 Å². The van der Waals surface area contributed by atoms with Crippen molar-refractivity contribution in [2.45, 2.75) is 83.0 Å². The van der Waals surface area contributed by atoms with E-state index in [1.165, 1.54) is 64.2 Å². The second kappa shape index (κ2) is 7.77. The van der Waals surface area contributed by atoms with E-state index in [4.69, 9.17) is 4.43 Å². The third-order valence-corrected chi connectivity index (χ3v) is 5.61. The number of hydrogen-bond acceptors (Lipinski definition) is 3. The predicted octanol–water partition coefficient (Wildman–Crippen LogP) is 2.05. The zero-order chi connectivity index (χ0) is 13.6. The fourth-order valence-electron chi connectivity index (χ4n) is 3.93. The smallest absolute Gasteiger partial charge is 0.167 e. The molecule has 0 radical (unpaired) electrons. The van der Waals surface area contributed by atoms with Gasteiger partial charge in [-0.2, -0.15) is 0 Å². The van der Waals surface area contributed by atoms with Gasteiger partial charge in [0, 0.05) is 12.0 Å². The van der Waals surface area contributed by atoms with Gasteiger partial charge < -0.3 is 4.43 Å². The van der Waals surface area contributed by atoms with E-state index in [0.29, 0.717) is 12.0 Å². The highest BCUT2D eigenvalue weighted by atomic mass is 28.2. The minimum Gasteiger partial charge on any atom is -0.399 e. The second-order valence-corrected chi connectivity index (χ2v) is 6.69. The third-order valence-electron chi connectivity index (χ3n) is 4.97. The van der Waals surface area contributed by atoms with Crippen molar-refractivity contribution in [1.82, 2.24) is 10.6 Å². The lowest BCUT2D eigenvalue weighted by Crippen LogP contribution is -2.66. The Morgan fingerprint density at radius 3 is 2.11 bits per heavy atom. The van der Waals surface area contributed by atoms with Gasteiger partial charge in [0.1, 0.15) is 10.5 Å². The Morgan fingerprint density at radius 2 is 1.58 bits per heavy atom. The van der Waals surface area contributed by atoms with Crippen LogP contribution in [0.4, 0.5) is 0 Å². The molecule has 0 spiro atoms. The molecule has 2 aliphatic carbocycles. The van der Waals surface area contributed by atoms with Crippen molar-refractivity contribution in [2.75, 3.05) is 6.54 Å². The van der Waals surface area contributed by atoms with Gasteiger partial charge in [0.05, 0.1) is 0 Å². The van der Waals surface area contributed by atoms with Crippen LogP contribution in [0, 0.1) is 5.92 Å². The summed E-state index contributed by atoms with van der Waals surface area (Å²) in [4.78, 5) is 0. The molecule has 2 aliphatic rings. The summed E-state index contributed by atoms with van der Waals surface area (Å²) in [7, 11) is 0.799. The molecule has 0 aromatic heterocycles. The molecule has 0 aliphatic heterocycles. The summed E-state index contributed by atoms with van der Waals surface area (Å²) in [5.74, 6) is 0.435. The molecule has 0 aromatic carbocycles. The highest BCUT2D eigenvalue weighted by Crippen LogP contribution is 2.33. The van der Waals surface area contributed by atoms with Crippen molar-refractivity contribution in [3.8, 4) is 0 Å². The van der Waals surface area contributed by atoms with Crippen LogP contribution >= 0.6 is 0 Å². The summed E-state index contributed by atoms with van der Waals surface area (Å²) in [6.07, 6.45) is 13.6. The van der Waals surface area contributed by atoms with E-state index in [0.717, 1.165) is 17.0 Å². The highest BCUT2D eigenvalue weighted by Gasteiger charge is 2.39. The Labute approximate surface area is 121 Å². The maximum atomic E-state index is 6.14. The van der Waals surface area contributed by atoms with E-state index in [1.54, 1.807) is 0 Å². The van der Waals surface area contributed by atoms with Crippen LogP contribution in [0.1, 0.15) is 71.1 Å². The second-order valence-electron chi connectivity index (χ2n) is 6.28. The molecule has 0 bridgehead atoms. The maximum Gasteiger partial charge on any atom is 0.167 e. The minimum atomic E-state index is -0.219. The predicted molar refractivity (Wildman–Crippen MR) is 84.0 cm³/mol. The van der Waals surface area contributed by atoms with Crippen LogP contribution in [-0.2, 0) is 4.43 Å².